The highest BCUT2D eigenvalue weighted by atomic mass is 32.1. The van der Waals surface area contributed by atoms with Crippen LogP contribution in [0, 0.1) is 5.92 Å². The molecular formula is C18H25N5OS. The number of nitrogens with zero attached hydrogens (tertiary/aromatic N) is 5. The predicted octanol–water partition coefficient (Wildman–Crippen LogP) is 2.07. The van der Waals surface area contributed by atoms with E-state index in [0.29, 0.717) is 5.91 Å². The Morgan fingerprint density at radius 2 is 1.96 bits per heavy atom. The lowest BCUT2D eigenvalue weighted by atomic mass is 9.95. The third-order valence-electron chi connectivity index (χ3n) is 5.40. The highest BCUT2D eigenvalue weighted by Crippen LogP contribution is 2.30. The van der Waals surface area contributed by atoms with Gasteiger partial charge in [-0.15, -0.1) is 0 Å². The minimum Gasteiger partial charge on any atom is -0.348 e. The first-order valence-corrected chi connectivity index (χ1v) is 10.0. The third-order valence-corrected chi connectivity index (χ3v) is 6.44. The predicted molar refractivity (Wildman–Crippen MR) is 101 cm³/mol. The summed E-state index contributed by atoms with van der Waals surface area (Å²) in [5.41, 5.74) is 0.967. The van der Waals surface area contributed by atoms with Gasteiger partial charge in [-0.3, -0.25) is 4.79 Å². The zero-order chi connectivity index (χ0) is 17.2. The van der Waals surface area contributed by atoms with Crippen molar-refractivity contribution in [3.63, 3.8) is 0 Å². The van der Waals surface area contributed by atoms with Gasteiger partial charge in [0.1, 0.15) is 10.3 Å². The van der Waals surface area contributed by atoms with E-state index < -0.39 is 0 Å². The van der Waals surface area contributed by atoms with E-state index in [1.54, 1.807) is 11.3 Å². The summed E-state index contributed by atoms with van der Waals surface area (Å²) in [5.74, 6) is 0.540. The lowest BCUT2D eigenvalue weighted by Gasteiger charge is -2.38. The molecule has 0 radical (unpaired) electrons. The molecule has 134 valence electrons. The van der Waals surface area contributed by atoms with Gasteiger partial charge in [-0.1, -0.05) is 18.3 Å². The van der Waals surface area contributed by atoms with Crippen molar-refractivity contribution < 1.29 is 4.79 Å². The number of piperidine rings is 1. The number of rotatable bonds is 3. The van der Waals surface area contributed by atoms with Crippen LogP contribution in [0.5, 0.6) is 0 Å². The van der Waals surface area contributed by atoms with E-state index in [1.807, 2.05) is 18.3 Å². The number of fused-ring (bicyclic) bond motifs is 1. The number of piperazine rings is 1. The van der Waals surface area contributed by atoms with Crippen LogP contribution in [-0.2, 0) is 4.79 Å². The van der Waals surface area contributed by atoms with Crippen molar-refractivity contribution in [2.45, 2.75) is 19.8 Å². The molecule has 0 unspecified atom stereocenters. The number of aromatic nitrogens is 2. The standard InChI is InChI=1S/C18H25N5OS/c1-2-21-10-12-22(13-11-21)17(24)14-5-8-23(9-6-14)18-20-15-4-3-7-19-16(15)25-18/h3-4,7,14H,2,5-6,8-13H2,1H3. The maximum absolute atomic E-state index is 12.8. The molecule has 0 bridgehead atoms. The van der Waals surface area contributed by atoms with Crippen LogP contribution in [0.4, 0.5) is 5.13 Å². The summed E-state index contributed by atoms with van der Waals surface area (Å²) in [5, 5.41) is 1.04. The van der Waals surface area contributed by atoms with Gasteiger partial charge in [0.15, 0.2) is 5.13 Å². The Bertz CT molecular complexity index is 699. The van der Waals surface area contributed by atoms with Crippen molar-refractivity contribution in [2.75, 3.05) is 50.7 Å². The zero-order valence-corrected chi connectivity index (χ0v) is 15.5. The first-order valence-electron chi connectivity index (χ1n) is 9.22. The monoisotopic (exact) mass is 359 g/mol. The van der Waals surface area contributed by atoms with Gasteiger partial charge in [-0.2, -0.15) is 0 Å². The number of pyridine rings is 1. The molecule has 2 aromatic heterocycles. The maximum atomic E-state index is 12.8. The third kappa shape index (κ3) is 3.48. The smallest absolute Gasteiger partial charge is 0.225 e. The first-order chi connectivity index (χ1) is 12.2. The summed E-state index contributed by atoms with van der Waals surface area (Å²) in [6, 6.07) is 3.93. The molecule has 1 amide bonds. The molecule has 2 saturated heterocycles. The number of likely N-dealkylation sites (N-methyl/N-ethyl adjacent to an activating group) is 1. The molecule has 0 aliphatic carbocycles. The molecule has 0 spiro atoms. The molecule has 4 rings (SSSR count). The zero-order valence-electron chi connectivity index (χ0n) is 14.7. The highest BCUT2D eigenvalue weighted by Gasteiger charge is 2.31. The van der Waals surface area contributed by atoms with Crippen LogP contribution in [0.2, 0.25) is 0 Å². The van der Waals surface area contributed by atoms with Crippen molar-refractivity contribution in [1.29, 1.82) is 0 Å². The Balaban J connectivity index is 1.34. The fraction of sp³-hybridized carbons (Fsp3) is 0.611. The normalized spacial score (nSPS) is 20.4. The van der Waals surface area contributed by atoms with Crippen LogP contribution in [-0.4, -0.2) is 71.5 Å². The Kier molecular flexibility index (Phi) is 4.85. The van der Waals surface area contributed by atoms with Crippen molar-refractivity contribution in [3.05, 3.63) is 18.3 Å². The topological polar surface area (TPSA) is 52.6 Å². The summed E-state index contributed by atoms with van der Waals surface area (Å²) >= 11 is 1.65. The summed E-state index contributed by atoms with van der Waals surface area (Å²) in [4.78, 5) is 29.7. The second kappa shape index (κ2) is 7.25. The van der Waals surface area contributed by atoms with Crippen LogP contribution in [0.1, 0.15) is 19.8 Å². The van der Waals surface area contributed by atoms with E-state index in [9.17, 15) is 4.79 Å². The molecule has 2 aliphatic rings. The number of thiazole rings is 1. The van der Waals surface area contributed by atoms with Gasteiger partial charge in [0, 0.05) is 51.4 Å². The average Bonchev–Trinajstić information content (AvgIpc) is 3.12. The molecule has 2 aliphatic heterocycles. The van der Waals surface area contributed by atoms with Gasteiger partial charge < -0.3 is 14.7 Å². The molecule has 25 heavy (non-hydrogen) atoms. The molecule has 0 N–H and O–H groups in total. The molecule has 0 saturated carbocycles. The van der Waals surface area contributed by atoms with Crippen molar-refractivity contribution in [1.82, 2.24) is 19.8 Å². The van der Waals surface area contributed by atoms with Gasteiger partial charge >= 0.3 is 0 Å². The van der Waals surface area contributed by atoms with Crippen LogP contribution < -0.4 is 4.90 Å². The summed E-state index contributed by atoms with van der Waals surface area (Å²) in [7, 11) is 0. The molecule has 0 aromatic carbocycles. The van der Waals surface area contributed by atoms with Gasteiger partial charge in [-0.25, -0.2) is 9.97 Å². The molecule has 6 nitrogen and oxygen atoms in total. The summed E-state index contributed by atoms with van der Waals surface area (Å²) < 4.78 is 0. The largest absolute Gasteiger partial charge is 0.348 e. The SMILES string of the molecule is CCN1CCN(C(=O)C2CCN(c3nc4cccnc4s3)CC2)CC1. The molecule has 0 atom stereocenters. The summed E-state index contributed by atoms with van der Waals surface area (Å²) in [6.07, 6.45) is 3.67. The number of hydrogen-bond donors (Lipinski definition) is 0. The van der Waals surface area contributed by atoms with Gasteiger partial charge in [0.25, 0.3) is 0 Å². The van der Waals surface area contributed by atoms with E-state index in [-0.39, 0.29) is 5.92 Å². The highest BCUT2D eigenvalue weighted by molar-refractivity contribution is 7.21. The van der Waals surface area contributed by atoms with Gasteiger partial charge in [-0.05, 0) is 31.5 Å². The number of carbonyl (C=O) groups is 1. The molecular weight excluding hydrogens is 334 g/mol. The Morgan fingerprint density at radius 3 is 2.64 bits per heavy atom. The fourth-order valence-electron chi connectivity index (χ4n) is 3.75. The van der Waals surface area contributed by atoms with Crippen molar-refractivity contribution >= 4 is 32.7 Å². The number of carbonyl (C=O) groups excluding carboxylic acids is 1. The lowest BCUT2D eigenvalue weighted by Crippen LogP contribution is -2.51. The molecule has 2 aromatic rings. The lowest BCUT2D eigenvalue weighted by molar-refractivity contribution is -0.137. The van der Waals surface area contributed by atoms with Crippen molar-refractivity contribution in [3.8, 4) is 0 Å². The van der Waals surface area contributed by atoms with Gasteiger partial charge in [0.05, 0.1) is 0 Å². The molecule has 7 heteroatoms. The van der Waals surface area contributed by atoms with Gasteiger partial charge in [0.2, 0.25) is 5.91 Å². The Labute approximate surface area is 152 Å². The second-order valence-corrected chi connectivity index (χ2v) is 7.80. The van der Waals surface area contributed by atoms with Crippen LogP contribution in [0.15, 0.2) is 18.3 Å². The Morgan fingerprint density at radius 1 is 1.20 bits per heavy atom. The maximum Gasteiger partial charge on any atom is 0.225 e. The first kappa shape index (κ1) is 16.7. The van der Waals surface area contributed by atoms with E-state index in [0.717, 1.165) is 74.1 Å². The minimum absolute atomic E-state index is 0.178. The quantitative estimate of drug-likeness (QED) is 0.840. The van der Waals surface area contributed by atoms with Crippen LogP contribution in [0.3, 0.4) is 0 Å². The second-order valence-electron chi connectivity index (χ2n) is 6.84. The van der Waals surface area contributed by atoms with Crippen molar-refractivity contribution in [2.24, 2.45) is 5.92 Å². The van der Waals surface area contributed by atoms with E-state index >= 15 is 0 Å². The molecule has 4 heterocycles. The number of amides is 1. The number of anilines is 1. The van der Waals surface area contributed by atoms with E-state index in [4.69, 9.17) is 4.98 Å². The average molecular weight is 359 g/mol. The summed E-state index contributed by atoms with van der Waals surface area (Å²) in [6.45, 7) is 8.88. The van der Waals surface area contributed by atoms with Crippen LogP contribution in [0.25, 0.3) is 10.3 Å². The van der Waals surface area contributed by atoms with E-state index in [2.05, 4.69) is 26.6 Å². The minimum atomic E-state index is 0.178. The Hall–Kier alpha value is -1.73. The van der Waals surface area contributed by atoms with E-state index in [1.165, 1.54) is 0 Å². The fourth-order valence-corrected chi connectivity index (χ4v) is 4.71. The number of hydrogen-bond acceptors (Lipinski definition) is 6. The molecule has 2 fully saturated rings. The van der Waals surface area contributed by atoms with Crippen LogP contribution >= 0.6 is 11.3 Å².